The second-order valence-corrected chi connectivity index (χ2v) is 8.54. The summed E-state index contributed by atoms with van der Waals surface area (Å²) >= 11 is 0. The van der Waals surface area contributed by atoms with E-state index in [9.17, 15) is 4.79 Å². The number of carbonyl (C=O) groups excluding carboxylic acids is 1. The van der Waals surface area contributed by atoms with E-state index in [4.69, 9.17) is 15.9 Å². The molecule has 0 heterocycles. The van der Waals surface area contributed by atoms with Gasteiger partial charge in [0.2, 0.25) is 0 Å². The van der Waals surface area contributed by atoms with Crippen molar-refractivity contribution < 1.29 is 14.3 Å². The van der Waals surface area contributed by atoms with Crippen LogP contribution in [-0.2, 0) is 16.0 Å². The minimum Gasteiger partial charge on any atom is -0.497 e. The van der Waals surface area contributed by atoms with Crippen molar-refractivity contribution in [3.8, 4) is 18.1 Å². The first-order valence-electron chi connectivity index (χ1n) is 9.78. The minimum absolute atomic E-state index is 0.113. The Morgan fingerprint density at radius 2 is 2.08 bits per heavy atom. The molecule has 3 aliphatic rings. The number of terminal acetylenes is 1. The highest BCUT2D eigenvalue weighted by Gasteiger charge is 2.63. The molecule has 0 aliphatic heterocycles. The van der Waals surface area contributed by atoms with E-state index < -0.39 is 5.60 Å². The van der Waals surface area contributed by atoms with Crippen molar-refractivity contribution in [1.29, 1.82) is 0 Å². The highest BCUT2D eigenvalue weighted by molar-refractivity contribution is 5.67. The molecular formula is C23H28O3. The second-order valence-electron chi connectivity index (χ2n) is 8.54. The van der Waals surface area contributed by atoms with Gasteiger partial charge in [-0.15, -0.1) is 6.42 Å². The van der Waals surface area contributed by atoms with Crippen molar-refractivity contribution in [1.82, 2.24) is 0 Å². The third-order valence-electron chi connectivity index (χ3n) is 7.60. The molecule has 3 nitrogen and oxygen atoms in total. The predicted octanol–water partition coefficient (Wildman–Crippen LogP) is 4.49. The maximum Gasteiger partial charge on any atom is 0.304 e. The van der Waals surface area contributed by atoms with E-state index >= 15 is 0 Å². The standard InChI is InChI=1S/C23H28O3/c1-5-23(26-15(2)24)13-11-21-20-8-6-16-14-17(25-4)7-9-18(16)19(20)10-12-22(21,23)3/h1,7,9,14,19-21H,6,8,10-13H2,2-4H3/t19?,20?,21?,22-,23-/m0/s1. The molecule has 1 aromatic carbocycles. The number of hydrogen-bond acceptors (Lipinski definition) is 3. The monoisotopic (exact) mass is 352 g/mol. The van der Waals surface area contributed by atoms with Gasteiger partial charge in [-0.25, -0.2) is 0 Å². The maximum absolute atomic E-state index is 11.8. The number of hydrogen-bond donors (Lipinski definition) is 0. The normalized spacial score (nSPS) is 37.7. The van der Waals surface area contributed by atoms with Gasteiger partial charge < -0.3 is 9.47 Å². The van der Waals surface area contributed by atoms with Crippen molar-refractivity contribution in [3.63, 3.8) is 0 Å². The zero-order valence-corrected chi connectivity index (χ0v) is 16.0. The van der Waals surface area contributed by atoms with E-state index in [1.165, 1.54) is 24.5 Å². The van der Waals surface area contributed by atoms with Crippen LogP contribution < -0.4 is 4.74 Å². The molecule has 0 radical (unpaired) electrons. The molecule has 3 heteroatoms. The van der Waals surface area contributed by atoms with E-state index in [0.29, 0.717) is 17.8 Å². The zero-order chi connectivity index (χ0) is 18.5. The van der Waals surface area contributed by atoms with Crippen molar-refractivity contribution >= 4 is 5.97 Å². The molecule has 3 aliphatic carbocycles. The first-order chi connectivity index (χ1) is 12.4. The number of esters is 1. The number of rotatable bonds is 2. The first-order valence-corrected chi connectivity index (χ1v) is 9.78. The molecule has 0 aromatic heterocycles. The minimum atomic E-state index is -0.728. The third kappa shape index (κ3) is 2.31. The van der Waals surface area contributed by atoms with Crippen molar-refractivity contribution in [2.24, 2.45) is 17.3 Å². The molecule has 1 aromatic rings. The number of ether oxygens (including phenoxy) is 2. The Bertz CT molecular complexity index is 776. The summed E-state index contributed by atoms with van der Waals surface area (Å²) in [5, 5.41) is 0. The average molecular weight is 352 g/mol. The molecule has 0 saturated heterocycles. The summed E-state index contributed by atoms with van der Waals surface area (Å²) in [5.74, 6) is 5.35. The quantitative estimate of drug-likeness (QED) is 0.581. The van der Waals surface area contributed by atoms with Gasteiger partial charge >= 0.3 is 5.97 Å². The van der Waals surface area contributed by atoms with E-state index in [-0.39, 0.29) is 11.4 Å². The molecule has 3 unspecified atom stereocenters. The molecule has 2 saturated carbocycles. The van der Waals surface area contributed by atoms with Crippen LogP contribution in [0.5, 0.6) is 5.75 Å². The van der Waals surface area contributed by atoms with Crippen LogP contribution in [0.2, 0.25) is 0 Å². The molecular weight excluding hydrogens is 324 g/mol. The summed E-state index contributed by atoms with van der Waals surface area (Å²) < 4.78 is 11.2. The lowest BCUT2D eigenvalue weighted by Crippen LogP contribution is -2.52. The summed E-state index contributed by atoms with van der Waals surface area (Å²) in [6.07, 6.45) is 12.2. The van der Waals surface area contributed by atoms with Crippen LogP contribution in [0, 0.1) is 29.6 Å². The average Bonchev–Trinajstić information content (AvgIpc) is 2.93. The molecule has 4 rings (SSSR count). The summed E-state index contributed by atoms with van der Waals surface area (Å²) in [7, 11) is 1.73. The van der Waals surface area contributed by atoms with E-state index in [2.05, 4.69) is 31.0 Å². The van der Waals surface area contributed by atoms with Crippen molar-refractivity contribution in [2.75, 3.05) is 7.11 Å². The largest absolute Gasteiger partial charge is 0.497 e. The molecule has 0 spiro atoms. The van der Waals surface area contributed by atoms with Gasteiger partial charge in [0.05, 0.1) is 7.11 Å². The Morgan fingerprint density at radius 3 is 2.77 bits per heavy atom. The summed E-state index contributed by atoms with van der Waals surface area (Å²) in [4.78, 5) is 11.8. The lowest BCUT2D eigenvalue weighted by Gasteiger charge is -2.52. The predicted molar refractivity (Wildman–Crippen MR) is 101 cm³/mol. The van der Waals surface area contributed by atoms with Gasteiger partial charge in [-0.3, -0.25) is 4.79 Å². The molecule has 5 atom stereocenters. The fraction of sp³-hybridized carbons (Fsp3) is 0.609. The van der Waals surface area contributed by atoms with Gasteiger partial charge in [0, 0.05) is 12.3 Å². The number of fused-ring (bicyclic) bond motifs is 5. The van der Waals surface area contributed by atoms with Crippen LogP contribution in [-0.4, -0.2) is 18.7 Å². The highest BCUT2D eigenvalue weighted by atomic mass is 16.6. The van der Waals surface area contributed by atoms with Gasteiger partial charge in [0.25, 0.3) is 0 Å². The van der Waals surface area contributed by atoms with Crippen LogP contribution in [0.1, 0.15) is 63.0 Å². The molecule has 0 bridgehead atoms. The Kier molecular flexibility index (Phi) is 4.06. The lowest BCUT2D eigenvalue weighted by molar-refractivity contribution is -0.165. The van der Waals surface area contributed by atoms with Crippen molar-refractivity contribution in [2.45, 2.75) is 63.9 Å². The Balaban J connectivity index is 1.68. The molecule has 0 amide bonds. The van der Waals surface area contributed by atoms with E-state index in [1.807, 2.05) is 0 Å². The Labute approximate surface area is 156 Å². The SMILES string of the molecule is C#C[C@]1(OC(C)=O)CCC2C3CCc4cc(OC)ccc4C3CC[C@@]21C. The Hall–Kier alpha value is -1.95. The number of benzene rings is 1. The highest BCUT2D eigenvalue weighted by Crippen LogP contribution is 2.65. The van der Waals surface area contributed by atoms with Gasteiger partial charge in [0.1, 0.15) is 5.75 Å². The van der Waals surface area contributed by atoms with Crippen LogP contribution in [0.15, 0.2) is 18.2 Å². The summed E-state index contributed by atoms with van der Waals surface area (Å²) in [6, 6.07) is 6.57. The van der Waals surface area contributed by atoms with Crippen molar-refractivity contribution in [3.05, 3.63) is 29.3 Å². The van der Waals surface area contributed by atoms with Gasteiger partial charge in [-0.2, -0.15) is 0 Å². The summed E-state index contributed by atoms with van der Waals surface area (Å²) in [6.45, 7) is 3.75. The lowest BCUT2D eigenvalue weighted by atomic mass is 9.53. The van der Waals surface area contributed by atoms with Crippen LogP contribution in [0.25, 0.3) is 0 Å². The fourth-order valence-electron chi connectivity index (χ4n) is 6.36. The fourth-order valence-corrected chi connectivity index (χ4v) is 6.36. The molecule has 2 fully saturated rings. The van der Waals surface area contributed by atoms with Gasteiger partial charge in [-0.05, 0) is 79.5 Å². The van der Waals surface area contributed by atoms with E-state index in [0.717, 1.165) is 37.9 Å². The topological polar surface area (TPSA) is 35.5 Å². The van der Waals surface area contributed by atoms with Crippen LogP contribution in [0.4, 0.5) is 0 Å². The third-order valence-corrected chi connectivity index (χ3v) is 7.60. The number of carbonyl (C=O) groups is 1. The first kappa shape index (κ1) is 17.5. The van der Waals surface area contributed by atoms with E-state index in [1.54, 1.807) is 7.11 Å². The molecule has 0 N–H and O–H groups in total. The van der Waals surface area contributed by atoms with Gasteiger partial charge in [-0.1, -0.05) is 18.9 Å². The number of aryl methyl sites for hydroxylation is 1. The Morgan fingerprint density at radius 1 is 1.27 bits per heavy atom. The summed E-state index contributed by atoms with van der Waals surface area (Å²) in [5.41, 5.74) is 2.10. The molecule has 26 heavy (non-hydrogen) atoms. The van der Waals surface area contributed by atoms with Crippen LogP contribution >= 0.6 is 0 Å². The maximum atomic E-state index is 11.8. The zero-order valence-electron chi connectivity index (χ0n) is 16.0. The second kappa shape index (κ2) is 6.05. The smallest absolute Gasteiger partial charge is 0.304 e. The van der Waals surface area contributed by atoms with Gasteiger partial charge in [0.15, 0.2) is 5.60 Å². The van der Waals surface area contributed by atoms with Crippen LogP contribution in [0.3, 0.4) is 0 Å². The molecule has 138 valence electrons. The number of methoxy groups -OCH3 is 1.